The van der Waals surface area contributed by atoms with Crippen molar-refractivity contribution in [3.8, 4) is 0 Å². The van der Waals surface area contributed by atoms with Gasteiger partial charge in [-0.25, -0.2) is 0 Å². The highest BCUT2D eigenvalue weighted by atomic mass is 16.4. The zero-order chi connectivity index (χ0) is 14.6. The third kappa shape index (κ3) is 7.52. The maximum Gasteiger partial charge on any atom is 0.303 e. The molecule has 2 heteroatoms. The molecule has 0 bridgehead atoms. The SMILES string of the molecule is CCCCCCCC1C=CC=CC1CCCCC(=O)O. The molecule has 1 aliphatic carbocycles. The van der Waals surface area contributed by atoms with E-state index in [-0.39, 0.29) is 0 Å². The fraction of sp³-hybridized carbons (Fsp3) is 0.722. The summed E-state index contributed by atoms with van der Waals surface area (Å²) in [6.45, 7) is 2.25. The number of carboxylic acid groups (broad SMARTS) is 1. The van der Waals surface area contributed by atoms with Gasteiger partial charge in [0.05, 0.1) is 0 Å². The van der Waals surface area contributed by atoms with E-state index in [2.05, 4.69) is 31.2 Å². The molecule has 2 unspecified atom stereocenters. The van der Waals surface area contributed by atoms with Crippen molar-refractivity contribution in [1.82, 2.24) is 0 Å². The molecular formula is C18H30O2. The largest absolute Gasteiger partial charge is 0.481 e. The van der Waals surface area contributed by atoms with E-state index in [4.69, 9.17) is 5.11 Å². The summed E-state index contributed by atoms with van der Waals surface area (Å²) in [6, 6.07) is 0. The van der Waals surface area contributed by atoms with E-state index in [1.165, 1.54) is 38.5 Å². The van der Waals surface area contributed by atoms with Crippen LogP contribution in [0.5, 0.6) is 0 Å². The predicted molar refractivity (Wildman–Crippen MR) is 84.7 cm³/mol. The molecule has 0 fully saturated rings. The summed E-state index contributed by atoms with van der Waals surface area (Å²) in [5.41, 5.74) is 0. The minimum absolute atomic E-state index is 0.313. The second-order valence-corrected chi connectivity index (χ2v) is 5.94. The number of carbonyl (C=O) groups is 1. The van der Waals surface area contributed by atoms with Crippen LogP contribution < -0.4 is 0 Å². The Hall–Kier alpha value is -1.05. The van der Waals surface area contributed by atoms with Crippen molar-refractivity contribution in [1.29, 1.82) is 0 Å². The van der Waals surface area contributed by atoms with Crippen LogP contribution in [0.25, 0.3) is 0 Å². The van der Waals surface area contributed by atoms with E-state index in [1.54, 1.807) is 0 Å². The van der Waals surface area contributed by atoms with Crippen LogP contribution in [0.4, 0.5) is 0 Å². The molecule has 0 aromatic carbocycles. The number of hydrogen-bond donors (Lipinski definition) is 1. The normalized spacial score (nSPS) is 21.2. The molecule has 0 amide bonds. The zero-order valence-electron chi connectivity index (χ0n) is 12.9. The number of allylic oxidation sites excluding steroid dienone is 4. The summed E-state index contributed by atoms with van der Waals surface area (Å²) in [6.07, 6.45) is 20.3. The Morgan fingerprint density at radius 3 is 2.00 bits per heavy atom. The summed E-state index contributed by atoms with van der Waals surface area (Å²) in [5, 5.41) is 8.66. The van der Waals surface area contributed by atoms with Gasteiger partial charge in [0.15, 0.2) is 0 Å². The van der Waals surface area contributed by atoms with E-state index in [9.17, 15) is 4.79 Å². The van der Waals surface area contributed by atoms with Crippen LogP contribution in [0.1, 0.15) is 71.1 Å². The lowest BCUT2D eigenvalue weighted by Gasteiger charge is -2.24. The molecule has 0 heterocycles. The first-order valence-corrected chi connectivity index (χ1v) is 8.30. The lowest BCUT2D eigenvalue weighted by molar-refractivity contribution is -0.137. The van der Waals surface area contributed by atoms with E-state index in [0.717, 1.165) is 19.3 Å². The highest BCUT2D eigenvalue weighted by Crippen LogP contribution is 2.29. The maximum atomic E-state index is 10.5. The quantitative estimate of drug-likeness (QED) is 0.517. The molecule has 2 atom stereocenters. The van der Waals surface area contributed by atoms with Gasteiger partial charge in [0.25, 0.3) is 0 Å². The lowest BCUT2D eigenvalue weighted by atomic mass is 9.81. The van der Waals surface area contributed by atoms with Gasteiger partial charge in [-0.05, 0) is 31.1 Å². The topological polar surface area (TPSA) is 37.3 Å². The van der Waals surface area contributed by atoms with Crippen molar-refractivity contribution in [3.05, 3.63) is 24.3 Å². The summed E-state index contributed by atoms with van der Waals surface area (Å²) in [4.78, 5) is 10.5. The highest BCUT2D eigenvalue weighted by Gasteiger charge is 2.17. The van der Waals surface area contributed by atoms with Gasteiger partial charge in [-0.3, -0.25) is 4.79 Å². The molecule has 1 aliphatic rings. The second-order valence-electron chi connectivity index (χ2n) is 5.94. The van der Waals surface area contributed by atoms with Crippen LogP contribution >= 0.6 is 0 Å². The van der Waals surface area contributed by atoms with Gasteiger partial charge in [0, 0.05) is 6.42 Å². The Balaban J connectivity index is 2.19. The first-order valence-electron chi connectivity index (χ1n) is 8.30. The molecule has 1 N–H and O–H groups in total. The smallest absolute Gasteiger partial charge is 0.303 e. The number of hydrogen-bond acceptors (Lipinski definition) is 1. The maximum absolute atomic E-state index is 10.5. The highest BCUT2D eigenvalue weighted by molar-refractivity contribution is 5.66. The van der Waals surface area contributed by atoms with Crippen LogP contribution in [0.2, 0.25) is 0 Å². The van der Waals surface area contributed by atoms with Gasteiger partial charge in [0.2, 0.25) is 0 Å². The molecule has 2 nitrogen and oxygen atoms in total. The Labute approximate surface area is 124 Å². The Morgan fingerprint density at radius 1 is 0.900 bits per heavy atom. The third-order valence-electron chi connectivity index (χ3n) is 4.20. The molecule has 1 rings (SSSR count). The van der Waals surface area contributed by atoms with Crippen molar-refractivity contribution in [2.75, 3.05) is 0 Å². The van der Waals surface area contributed by atoms with Gasteiger partial charge in [0.1, 0.15) is 0 Å². The van der Waals surface area contributed by atoms with Crippen LogP contribution in [0.3, 0.4) is 0 Å². The Bertz CT molecular complexity index is 317. The van der Waals surface area contributed by atoms with Gasteiger partial charge < -0.3 is 5.11 Å². The molecule has 20 heavy (non-hydrogen) atoms. The number of carboxylic acids is 1. The van der Waals surface area contributed by atoms with Gasteiger partial charge in [-0.1, -0.05) is 69.8 Å². The van der Waals surface area contributed by atoms with Gasteiger partial charge in [-0.2, -0.15) is 0 Å². The molecule has 0 saturated carbocycles. The van der Waals surface area contributed by atoms with E-state index in [0.29, 0.717) is 18.3 Å². The molecule has 0 spiro atoms. The van der Waals surface area contributed by atoms with E-state index < -0.39 is 5.97 Å². The van der Waals surface area contributed by atoms with Crippen LogP contribution in [-0.2, 0) is 4.79 Å². The summed E-state index contributed by atoms with van der Waals surface area (Å²) < 4.78 is 0. The first-order chi connectivity index (χ1) is 9.74. The van der Waals surface area contributed by atoms with Crippen molar-refractivity contribution in [3.63, 3.8) is 0 Å². The summed E-state index contributed by atoms with van der Waals surface area (Å²) >= 11 is 0. The molecule has 0 saturated heterocycles. The Kier molecular flexibility index (Phi) is 9.10. The molecule has 0 aromatic heterocycles. The summed E-state index contributed by atoms with van der Waals surface area (Å²) in [7, 11) is 0. The molecule has 114 valence electrons. The standard InChI is InChI=1S/C18H30O2/c1-2-3-4-5-6-11-16-12-7-8-13-17(16)14-9-10-15-18(19)20/h7-8,12-13,16-17H,2-6,9-11,14-15H2,1H3,(H,19,20). The molecule has 0 aliphatic heterocycles. The van der Waals surface area contributed by atoms with Gasteiger partial charge in [-0.15, -0.1) is 0 Å². The minimum Gasteiger partial charge on any atom is -0.481 e. The van der Waals surface area contributed by atoms with Crippen molar-refractivity contribution in [2.24, 2.45) is 11.8 Å². The third-order valence-corrected chi connectivity index (χ3v) is 4.20. The number of aliphatic carboxylic acids is 1. The average molecular weight is 278 g/mol. The van der Waals surface area contributed by atoms with Crippen molar-refractivity contribution >= 4 is 5.97 Å². The molecular weight excluding hydrogens is 248 g/mol. The fourth-order valence-corrected chi connectivity index (χ4v) is 2.96. The average Bonchev–Trinajstić information content (AvgIpc) is 2.44. The van der Waals surface area contributed by atoms with Crippen LogP contribution in [-0.4, -0.2) is 11.1 Å². The minimum atomic E-state index is -0.670. The number of rotatable bonds is 11. The lowest BCUT2D eigenvalue weighted by Crippen LogP contribution is -2.13. The number of unbranched alkanes of at least 4 members (excludes halogenated alkanes) is 5. The van der Waals surface area contributed by atoms with E-state index >= 15 is 0 Å². The van der Waals surface area contributed by atoms with Crippen LogP contribution in [0, 0.1) is 11.8 Å². The Morgan fingerprint density at radius 2 is 1.45 bits per heavy atom. The fourth-order valence-electron chi connectivity index (χ4n) is 2.96. The van der Waals surface area contributed by atoms with Crippen LogP contribution in [0.15, 0.2) is 24.3 Å². The predicted octanol–water partition coefficient (Wildman–Crippen LogP) is 5.35. The molecule has 0 aromatic rings. The van der Waals surface area contributed by atoms with Crippen molar-refractivity contribution < 1.29 is 9.90 Å². The second kappa shape index (κ2) is 10.7. The van der Waals surface area contributed by atoms with Crippen molar-refractivity contribution in [2.45, 2.75) is 71.1 Å². The first kappa shape index (κ1) is 17.0. The van der Waals surface area contributed by atoms with Gasteiger partial charge >= 0.3 is 5.97 Å². The monoisotopic (exact) mass is 278 g/mol. The summed E-state index contributed by atoms with van der Waals surface area (Å²) in [5.74, 6) is 0.628. The zero-order valence-corrected chi connectivity index (χ0v) is 12.9. The van der Waals surface area contributed by atoms with E-state index in [1.807, 2.05) is 0 Å². The molecule has 0 radical (unpaired) electrons.